The Morgan fingerprint density at radius 1 is 1.17 bits per heavy atom. The van der Waals surface area contributed by atoms with Crippen LogP contribution in [0.1, 0.15) is 15.9 Å². The molecule has 5 nitrogen and oxygen atoms in total. The van der Waals surface area contributed by atoms with Gasteiger partial charge < -0.3 is 5.32 Å². The summed E-state index contributed by atoms with van der Waals surface area (Å²) in [6, 6.07) is 13.2. The third-order valence-electron chi connectivity index (χ3n) is 3.19. The highest BCUT2D eigenvalue weighted by Crippen LogP contribution is 2.14. The Bertz CT molecular complexity index is 833. The highest BCUT2D eigenvalue weighted by molar-refractivity contribution is 9.10. The highest BCUT2D eigenvalue weighted by Gasteiger charge is 2.16. The summed E-state index contributed by atoms with van der Waals surface area (Å²) in [5.74, 6) is -0.347. The van der Waals surface area contributed by atoms with E-state index in [9.17, 15) is 13.2 Å². The Morgan fingerprint density at radius 3 is 2.54 bits per heavy atom. The lowest BCUT2D eigenvalue weighted by atomic mass is 10.2. The standard InChI is InChI=1S/C17H17BrN2O3S/c1-2-10-19-17(21)14-4-3-5-16(11-14)24(22,23)20-12-13-6-8-15(18)9-7-13/h2-9,11,20H,1,10,12H2,(H,19,21). The molecule has 0 saturated heterocycles. The van der Waals surface area contributed by atoms with Crippen LogP contribution in [0.3, 0.4) is 0 Å². The van der Waals surface area contributed by atoms with Crippen LogP contribution in [-0.2, 0) is 16.6 Å². The van der Waals surface area contributed by atoms with E-state index < -0.39 is 10.0 Å². The predicted octanol–water partition coefficient (Wildman–Crippen LogP) is 2.84. The smallest absolute Gasteiger partial charge is 0.251 e. The molecule has 0 unspecified atom stereocenters. The maximum Gasteiger partial charge on any atom is 0.251 e. The molecule has 2 aromatic rings. The molecule has 0 spiro atoms. The predicted molar refractivity (Wildman–Crippen MR) is 97.1 cm³/mol. The van der Waals surface area contributed by atoms with E-state index in [0.717, 1.165) is 10.0 Å². The molecule has 1 amide bonds. The summed E-state index contributed by atoms with van der Waals surface area (Å²) in [5, 5.41) is 2.61. The fourth-order valence-electron chi connectivity index (χ4n) is 1.94. The van der Waals surface area contributed by atoms with Gasteiger partial charge in [0.2, 0.25) is 10.0 Å². The van der Waals surface area contributed by atoms with Gasteiger partial charge in [-0.15, -0.1) is 6.58 Å². The summed E-state index contributed by atoms with van der Waals surface area (Å²) >= 11 is 3.33. The molecule has 2 rings (SSSR count). The normalized spacial score (nSPS) is 11.0. The van der Waals surface area contributed by atoms with Crippen LogP contribution in [0.4, 0.5) is 0 Å². The van der Waals surface area contributed by atoms with Crippen molar-refractivity contribution in [2.75, 3.05) is 6.54 Å². The molecule has 2 aromatic carbocycles. The second-order valence-corrected chi connectivity index (χ2v) is 7.66. The van der Waals surface area contributed by atoms with Crippen molar-refractivity contribution < 1.29 is 13.2 Å². The lowest BCUT2D eigenvalue weighted by Gasteiger charge is -2.09. The number of rotatable bonds is 7. The van der Waals surface area contributed by atoms with Gasteiger partial charge in [0.25, 0.3) is 5.91 Å². The van der Waals surface area contributed by atoms with Crippen molar-refractivity contribution in [1.82, 2.24) is 10.0 Å². The van der Waals surface area contributed by atoms with Gasteiger partial charge >= 0.3 is 0 Å². The lowest BCUT2D eigenvalue weighted by molar-refractivity contribution is 0.0958. The second-order valence-electron chi connectivity index (χ2n) is 4.98. The number of hydrogen-bond donors (Lipinski definition) is 2. The van der Waals surface area contributed by atoms with E-state index in [2.05, 4.69) is 32.5 Å². The molecule has 0 saturated carbocycles. The van der Waals surface area contributed by atoms with Crippen LogP contribution < -0.4 is 10.0 Å². The maximum absolute atomic E-state index is 12.4. The summed E-state index contributed by atoms with van der Waals surface area (Å²) in [7, 11) is -3.71. The largest absolute Gasteiger partial charge is 0.349 e. The molecule has 0 radical (unpaired) electrons. The van der Waals surface area contributed by atoms with Gasteiger partial charge in [-0.05, 0) is 35.9 Å². The molecule has 0 atom stereocenters. The van der Waals surface area contributed by atoms with Crippen molar-refractivity contribution in [3.63, 3.8) is 0 Å². The molecule has 0 aliphatic heterocycles. The quantitative estimate of drug-likeness (QED) is 0.691. The molecule has 0 aliphatic rings. The summed E-state index contributed by atoms with van der Waals surface area (Å²) in [5.41, 5.74) is 1.12. The minimum Gasteiger partial charge on any atom is -0.349 e. The molecule has 0 aromatic heterocycles. The minimum atomic E-state index is -3.71. The Morgan fingerprint density at radius 2 is 1.88 bits per heavy atom. The average Bonchev–Trinajstić information content (AvgIpc) is 2.59. The Labute approximate surface area is 150 Å². The molecule has 0 fully saturated rings. The van der Waals surface area contributed by atoms with Gasteiger partial charge in [0.1, 0.15) is 0 Å². The zero-order chi connectivity index (χ0) is 17.6. The zero-order valence-electron chi connectivity index (χ0n) is 12.8. The van der Waals surface area contributed by atoms with E-state index in [-0.39, 0.29) is 22.9 Å². The number of hydrogen-bond acceptors (Lipinski definition) is 3. The van der Waals surface area contributed by atoms with Crippen molar-refractivity contribution in [3.8, 4) is 0 Å². The average molecular weight is 409 g/mol. The highest BCUT2D eigenvalue weighted by atomic mass is 79.9. The summed E-state index contributed by atoms with van der Waals surface area (Å²) < 4.78 is 28.2. The van der Waals surface area contributed by atoms with Gasteiger partial charge in [0.05, 0.1) is 4.90 Å². The van der Waals surface area contributed by atoms with Crippen molar-refractivity contribution in [2.45, 2.75) is 11.4 Å². The molecule has 0 aliphatic carbocycles. The summed E-state index contributed by atoms with van der Waals surface area (Å²) in [4.78, 5) is 12.0. The number of sulfonamides is 1. The van der Waals surface area contributed by atoms with E-state index in [1.54, 1.807) is 12.1 Å². The Hall–Kier alpha value is -1.96. The van der Waals surface area contributed by atoms with E-state index >= 15 is 0 Å². The number of nitrogens with one attached hydrogen (secondary N) is 2. The van der Waals surface area contributed by atoms with Gasteiger partial charge in [0.15, 0.2) is 0 Å². The first-order valence-corrected chi connectivity index (χ1v) is 9.43. The second kappa shape index (κ2) is 8.23. The first-order chi connectivity index (χ1) is 11.4. The Balaban J connectivity index is 2.12. The van der Waals surface area contributed by atoms with Crippen LogP contribution in [-0.4, -0.2) is 20.9 Å². The van der Waals surface area contributed by atoms with Crippen molar-refractivity contribution in [3.05, 3.63) is 76.8 Å². The number of halogens is 1. The number of carbonyl (C=O) groups is 1. The summed E-state index contributed by atoms with van der Waals surface area (Å²) in [6.45, 7) is 4.00. The van der Waals surface area contributed by atoms with Gasteiger partial charge in [-0.3, -0.25) is 4.79 Å². The van der Waals surface area contributed by atoms with Gasteiger partial charge in [-0.2, -0.15) is 0 Å². The van der Waals surface area contributed by atoms with E-state index in [1.165, 1.54) is 18.2 Å². The number of carbonyl (C=O) groups excluding carboxylic acids is 1. The molecular formula is C17H17BrN2O3S. The number of amides is 1. The van der Waals surface area contributed by atoms with Crippen LogP contribution in [0.15, 0.2) is 70.6 Å². The van der Waals surface area contributed by atoms with Crippen LogP contribution >= 0.6 is 15.9 Å². The van der Waals surface area contributed by atoms with Gasteiger partial charge in [-0.1, -0.05) is 40.2 Å². The zero-order valence-corrected chi connectivity index (χ0v) is 15.2. The van der Waals surface area contributed by atoms with Gasteiger partial charge in [-0.25, -0.2) is 13.1 Å². The molecule has 0 bridgehead atoms. The maximum atomic E-state index is 12.4. The third-order valence-corrected chi connectivity index (χ3v) is 5.12. The molecule has 2 N–H and O–H groups in total. The molecule has 7 heteroatoms. The first kappa shape index (κ1) is 18.4. The van der Waals surface area contributed by atoms with Crippen molar-refractivity contribution >= 4 is 31.9 Å². The van der Waals surface area contributed by atoms with Crippen molar-refractivity contribution in [1.29, 1.82) is 0 Å². The third kappa shape index (κ3) is 5.02. The molecule has 24 heavy (non-hydrogen) atoms. The molecular weight excluding hydrogens is 392 g/mol. The van der Waals surface area contributed by atoms with E-state index in [4.69, 9.17) is 0 Å². The first-order valence-electron chi connectivity index (χ1n) is 7.15. The SMILES string of the molecule is C=CCNC(=O)c1cccc(S(=O)(=O)NCc2ccc(Br)cc2)c1. The minimum absolute atomic E-state index is 0.0471. The topological polar surface area (TPSA) is 75.3 Å². The monoisotopic (exact) mass is 408 g/mol. The van der Waals surface area contributed by atoms with Gasteiger partial charge in [0, 0.05) is 23.1 Å². The van der Waals surface area contributed by atoms with E-state index in [0.29, 0.717) is 6.54 Å². The van der Waals surface area contributed by atoms with Crippen LogP contribution in [0, 0.1) is 0 Å². The van der Waals surface area contributed by atoms with E-state index in [1.807, 2.05) is 24.3 Å². The fourth-order valence-corrected chi connectivity index (χ4v) is 3.26. The lowest BCUT2D eigenvalue weighted by Crippen LogP contribution is -2.25. The Kier molecular flexibility index (Phi) is 6.30. The summed E-state index contributed by atoms with van der Waals surface area (Å²) in [6.07, 6.45) is 1.55. The fraction of sp³-hybridized carbons (Fsp3) is 0.118. The van der Waals surface area contributed by atoms with Crippen LogP contribution in [0.25, 0.3) is 0 Å². The number of benzene rings is 2. The van der Waals surface area contributed by atoms with Crippen molar-refractivity contribution in [2.24, 2.45) is 0 Å². The van der Waals surface area contributed by atoms with Crippen LogP contribution in [0.2, 0.25) is 0 Å². The molecule has 0 heterocycles. The van der Waals surface area contributed by atoms with Crippen LogP contribution in [0.5, 0.6) is 0 Å². The molecule has 126 valence electrons.